The van der Waals surface area contributed by atoms with Gasteiger partial charge in [-0.3, -0.25) is 4.79 Å². The molecule has 0 aliphatic rings. The monoisotopic (exact) mass is 361 g/mol. The molecule has 4 aromatic rings. The van der Waals surface area contributed by atoms with Crippen LogP contribution in [0.2, 0.25) is 0 Å². The van der Waals surface area contributed by atoms with Crippen LogP contribution in [0.5, 0.6) is 0 Å². The average Bonchev–Trinajstić information content (AvgIpc) is 2.98. The molecule has 0 fully saturated rings. The third-order valence-electron chi connectivity index (χ3n) is 4.65. The van der Waals surface area contributed by atoms with Crippen molar-refractivity contribution in [3.05, 3.63) is 76.2 Å². The fourth-order valence-electron chi connectivity index (χ4n) is 3.43. The highest BCUT2D eigenvalue weighted by Crippen LogP contribution is 2.28. The summed E-state index contributed by atoms with van der Waals surface area (Å²) in [5.41, 5.74) is 2.18. The van der Waals surface area contributed by atoms with Crippen LogP contribution in [0.4, 0.5) is 0 Å². The van der Waals surface area contributed by atoms with Crippen LogP contribution in [0.15, 0.2) is 59.4 Å². The quantitative estimate of drug-likeness (QED) is 0.524. The van der Waals surface area contributed by atoms with E-state index in [1.54, 1.807) is 6.92 Å². The summed E-state index contributed by atoms with van der Waals surface area (Å²) >= 11 is 0. The Balaban J connectivity index is 2.05. The van der Waals surface area contributed by atoms with Gasteiger partial charge in [-0.2, -0.15) is 5.10 Å². The largest absolute Gasteiger partial charge is 0.461 e. The summed E-state index contributed by atoms with van der Waals surface area (Å²) in [4.78, 5) is 25.8. The lowest BCUT2D eigenvalue weighted by Gasteiger charge is -2.09. The van der Waals surface area contributed by atoms with Crippen LogP contribution in [-0.4, -0.2) is 26.9 Å². The molecule has 0 atom stereocenters. The Kier molecular flexibility index (Phi) is 4.24. The zero-order valence-electron chi connectivity index (χ0n) is 15.2. The number of para-hydroxylation sites is 1. The van der Waals surface area contributed by atoms with Crippen molar-refractivity contribution in [1.29, 1.82) is 0 Å². The van der Waals surface area contributed by atoms with Crippen LogP contribution in [0, 0.1) is 0 Å². The van der Waals surface area contributed by atoms with E-state index < -0.39 is 5.97 Å². The molecule has 0 aliphatic carbocycles. The highest BCUT2D eigenvalue weighted by molar-refractivity contribution is 6.15. The Labute approximate surface area is 155 Å². The molecule has 0 amide bonds. The standard InChI is InChI=1S/C21H19N3O3/c1-3-27-21(26)18-17-15-11-7-8-12-16(15)23(2)19(17)20(25)24(22-18)13-14-9-5-4-6-10-14/h4-12H,3,13H2,1-2H3. The SMILES string of the molecule is CCOC(=O)c1nn(Cc2ccccc2)c(=O)c2c1c1ccccc1n2C. The van der Waals surface area contributed by atoms with Gasteiger partial charge in [0.1, 0.15) is 5.52 Å². The molecule has 2 aromatic heterocycles. The first-order valence-corrected chi connectivity index (χ1v) is 8.81. The van der Waals surface area contributed by atoms with E-state index >= 15 is 0 Å². The van der Waals surface area contributed by atoms with E-state index in [4.69, 9.17) is 4.74 Å². The lowest BCUT2D eigenvalue weighted by Crippen LogP contribution is -2.28. The lowest BCUT2D eigenvalue weighted by atomic mass is 10.1. The van der Waals surface area contributed by atoms with Crippen molar-refractivity contribution < 1.29 is 9.53 Å². The summed E-state index contributed by atoms with van der Waals surface area (Å²) < 4.78 is 8.37. The van der Waals surface area contributed by atoms with Crippen molar-refractivity contribution in [2.45, 2.75) is 13.5 Å². The van der Waals surface area contributed by atoms with Gasteiger partial charge in [-0.1, -0.05) is 48.5 Å². The smallest absolute Gasteiger partial charge is 0.359 e. The third-order valence-corrected chi connectivity index (χ3v) is 4.65. The predicted octanol–water partition coefficient (Wildman–Crippen LogP) is 3.11. The molecule has 0 aliphatic heterocycles. The lowest BCUT2D eigenvalue weighted by molar-refractivity contribution is 0.0519. The topological polar surface area (TPSA) is 66.1 Å². The van der Waals surface area contributed by atoms with Crippen molar-refractivity contribution in [1.82, 2.24) is 14.3 Å². The van der Waals surface area contributed by atoms with Gasteiger partial charge in [0.25, 0.3) is 5.56 Å². The molecule has 0 spiro atoms. The molecule has 0 bridgehead atoms. The molecule has 6 nitrogen and oxygen atoms in total. The summed E-state index contributed by atoms with van der Waals surface area (Å²) in [7, 11) is 1.83. The molecule has 0 radical (unpaired) electrons. The molecule has 0 N–H and O–H groups in total. The number of hydrogen-bond acceptors (Lipinski definition) is 4. The van der Waals surface area contributed by atoms with Crippen LogP contribution in [0.25, 0.3) is 21.8 Å². The van der Waals surface area contributed by atoms with E-state index in [1.165, 1.54) is 4.68 Å². The van der Waals surface area contributed by atoms with Crippen molar-refractivity contribution in [2.24, 2.45) is 7.05 Å². The fourth-order valence-corrected chi connectivity index (χ4v) is 3.43. The van der Waals surface area contributed by atoms with Gasteiger partial charge in [0.05, 0.1) is 13.2 Å². The normalized spacial score (nSPS) is 11.2. The second-order valence-corrected chi connectivity index (χ2v) is 6.32. The molecule has 136 valence electrons. The van der Waals surface area contributed by atoms with E-state index in [0.29, 0.717) is 10.9 Å². The summed E-state index contributed by atoms with van der Waals surface area (Å²) in [5, 5.41) is 5.75. The third kappa shape index (κ3) is 2.79. The summed E-state index contributed by atoms with van der Waals surface area (Å²) in [6.07, 6.45) is 0. The van der Waals surface area contributed by atoms with E-state index in [9.17, 15) is 9.59 Å². The van der Waals surface area contributed by atoms with Crippen LogP contribution in [-0.2, 0) is 18.3 Å². The maximum absolute atomic E-state index is 13.2. The first-order chi connectivity index (χ1) is 13.1. The predicted molar refractivity (Wildman–Crippen MR) is 104 cm³/mol. The van der Waals surface area contributed by atoms with Gasteiger partial charge >= 0.3 is 5.97 Å². The Morgan fingerprint density at radius 2 is 1.78 bits per heavy atom. The number of hydrogen-bond donors (Lipinski definition) is 0. The van der Waals surface area contributed by atoms with Crippen molar-refractivity contribution >= 4 is 27.8 Å². The number of nitrogens with zero attached hydrogens (tertiary/aromatic N) is 3. The van der Waals surface area contributed by atoms with Crippen LogP contribution < -0.4 is 5.56 Å². The minimum Gasteiger partial charge on any atom is -0.461 e. The number of aromatic nitrogens is 3. The molecular formula is C21H19N3O3. The maximum atomic E-state index is 13.2. The van der Waals surface area contributed by atoms with Crippen LogP contribution in [0.1, 0.15) is 23.0 Å². The molecule has 0 unspecified atom stereocenters. The van der Waals surface area contributed by atoms with E-state index in [0.717, 1.165) is 16.5 Å². The summed E-state index contributed by atoms with van der Waals surface area (Å²) in [6, 6.07) is 17.2. The van der Waals surface area contributed by atoms with Gasteiger partial charge in [0.2, 0.25) is 0 Å². The number of aryl methyl sites for hydroxylation is 1. The van der Waals surface area contributed by atoms with Crippen LogP contribution in [0.3, 0.4) is 0 Å². The molecule has 2 aromatic carbocycles. The number of carbonyl (C=O) groups excluding carboxylic acids is 1. The zero-order chi connectivity index (χ0) is 19.0. The van der Waals surface area contributed by atoms with Crippen LogP contribution >= 0.6 is 0 Å². The molecule has 0 saturated heterocycles. The highest BCUT2D eigenvalue weighted by atomic mass is 16.5. The second kappa shape index (κ2) is 6.72. The Hall–Kier alpha value is -3.41. The fraction of sp³-hybridized carbons (Fsp3) is 0.190. The second-order valence-electron chi connectivity index (χ2n) is 6.32. The van der Waals surface area contributed by atoms with E-state index in [-0.39, 0.29) is 24.4 Å². The first kappa shape index (κ1) is 17.0. The van der Waals surface area contributed by atoms with Crippen molar-refractivity contribution in [3.8, 4) is 0 Å². The molecule has 2 heterocycles. The Morgan fingerprint density at radius 1 is 1.07 bits per heavy atom. The van der Waals surface area contributed by atoms with Gasteiger partial charge in [0, 0.05) is 23.3 Å². The number of ether oxygens (including phenoxy) is 1. The van der Waals surface area contributed by atoms with Gasteiger partial charge in [0.15, 0.2) is 5.69 Å². The summed E-state index contributed by atoms with van der Waals surface area (Å²) in [6.45, 7) is 2.27. The van der Waals surface area contributed by atoms with Gasteiger partial charge in [-0.25, -0.2) is 9.48 Å². The molecular weight excluding hydrogens is 342 g/mol. The zero-order valence-corrected chi connectivity index (χ0v) is 15.2. The highest BCUT2D eigenvalue weighted by Gasteiger charge is 2.23. The van der Waals surface area contributed by atoms with E-state index in [1.807, 2.05) is 66.2 Å². The van der Waals surface area contributed by atoms with Crippen molar-refractivity contribution in [3.63, 3.8) is 0 Å². The maximum Gasteiger partial charge on any atom is 0.359 e. The average molecular weight is 361 g/mol. The minimum absolute atomic E-state index is 0.166. The molecule has 6 heteroatoms. The Bertz CT molecular complexity index is 1210. The van der Waals surface area contributed by atoms with Gasteiger partial charge < -0.3 is 9.30 Å². The van der Waals surface area contributed by atoms with Gasteiger partial charge in [-0.15, -0.1) is 0 Å². The van der Waals surface area contributed by atoms with Crippen molar-refractivity contribution in [2.75, 3.05) is 6.61 Å². The first-order valence-electron chi connectivity index (χ1n) is 8.81. The number of carbonyl (C=O) groups is 1. The Morgan fingerprint density at radius 3 is 2.52 bits per heavy atom. The minimum atomic E-state index is -0.527. The molecule has 27 heavy (non-hydrogen) atoms. The number of benzene rings is 2. The molecule has 0 saturated carbocycles. The van der Waals surface area contributed by atoms with Gasteiger partial charge in [-0.05, 0) is 18.6 Å². The summed E-state index contributed by atoms with van der Waals surface area (Å²) in [5.74, 6) is -0.527. The number of rotatable bonds is 4. The van der Waals surface area contributed by atoms with E-state index in [2.05, 4.69) is 5.10 Å². The number of esters is 1. The molecule has 4 rings (SSSR count). The number of fused-ring (bicyclic) bond motifs is 3.